The number of carbonyl (C=O) groups is 1. The number of carbonyl (C=O) groups excluding carboxylic acids is 1. The van der Waals surface area contributed by atoms with E-state index in [0.717, 1.165) is 5.56 Å². The van der Waals surface area contributed by atoms with Gasteiger partial charge in [-0.2, -0.15) is 13.2 Å². The molecule has 9 heteroatoms. The van der Waals surface area contributed by atoms with Gasteiger partial charge >= 0.3 is 12.1 Å². The number of hydrogen-bond donors (Lipinski definition) is 3. The molecule has 132 valence electrons. The molecule has 3 N–H and O–H groups in total. The molecule has 1 heterocycles. The van der Waals surface area contributed by atoms with Crippen LogP contribution >= 0.6 is 12.2 Å². The Labute approximate surface area is 142 Å². The summed E-state index contributed by atoms with van der Waals surface area (Å²) in [4.78, 5) is 12.2. The van der Waals surface area contributed by atoms with Gasteiger partial charge in [-0.15, -0.1) is 0 Å². The van der Waals surface area contributed by atoms with E-state index in [-0.39, 0.29) is 6.61 Å². The molecule has 1 aliphatic rings. The van der Waals surface area contributed by atoms with E-state index < -0.39 is 34.9 Å². The molecule has 0 spiro atoms. The van der Waals surface area contributed by atoms with Gasteiger partial charge < -0.3 is 20.5 Å². The van der Waals surface area contributed by atoms with Crippen LogP contribution < -0.4 is 10.6 Å². The maximum atomic E-state index is 13.5. The van der Waals surface area contributed by atoms with Crippen molar-refractivity contribution >= 4 is 23.3 Å². The molecule has 5 nitrogen and oxygen atoms in total. The van der Waals surface area contributed by atoms with Crippen molar-refractivity contribution in [2.24, 2.45) is 5.92 Å². The summed E-state index contributed by atoms with van der Waals surface area (Å²) in [5.41, 5.74) is -2.35. The Balaban J connectivity index is 2.57. The number of benzene rings is 1. The summed E-state index contributed by atoms with van der Waals surface area (Å²) in [6.07, 6.45) is -5.14. The fourth-order valence-corrected chi connectivity index (χ4v) is 2.96. The highest BCUT2D eigenvalue weighted by Crippen LogP contribution is 2.43. The van der Waals surface area contributed by atoms with Gasteiger partial charge in [0.15, 0.2) is 5.11 Å². The zero-order valence-corrected chi connectivity index (χ0v) is 13.8. The lowest BCUT2D eigenvalue weighted by Gasteiger charge is -2.45. The molecule has 0 aromatic heterocycles. The molecule has 0 aliphatic carbocycles. The molecule has 3 atom stereocenters. The Hall–Kier alpha value is -1.87. The maximum Gasteiger partial charge on any atom is 0.437 e. The third-order valence-corrected chi connectivity index (χ3v) is 3.97. The first-order valence-electron chi connectivity index (χ1n) is 7.21. The summed E-state index contributed by atoms with van der Waals surface area (Å²) in [6, 6.07) is 5.39. The highest BCUT2D eigenvalue weighted by molar-refractivity contribution is 7.80. The Morgan fingerprint density at radius 3 is 2.67 bits per heavy atom. The van der Waals surface area contributed by atoms with E-state index in [1.54, 1.807) is 36.5 Å². The second-order valence-corrected chi connectivity index (χ2v) is 5.89. The Kier molecular flexibility index (Phi) is 5.05. The summed E-state index contributed by atoms with van der Waals surface area (Å²) < 4.78 is 45.3. The van der Waals surface area contributed by atoms with Gasteiger partial charge in [0, 0.05) is 0 Å². The lowest BCUT2D eigenvalue weighted by Crippen LogP contribution is -2.73. The molecule has 0 saturated carbocycles. The molecule has 1 aromatic carbocycles. The normalized spacial score (nSPS) is 27.2. The van der Waals surface area contributed by atoms with Crippen LogP contribution in [0.5, 0.6) is 0 Å². The third kappa shape index (κ3) is 3.32. The van der Waals surface area contributed by atoms with E-state index >= 15 is 0 Å². The van der Waals surface area contributed by atoms with E-state index in [4.69, 9.17) is 17.0 Å². The zero-order valence-electron chi connectivity index (χ0n) is 13.0. The van der Waals surface area contributed by atoms with E-state index in [1.165, 1.54) is 6.92 Å². The largest absolute Gasteiger partial charge is 0.466 e. The van der Waals surface area contributed by atoms with Crippen molar-refractivity contribution in [3.63, 3.8) is 0 Å². The lowest BCUT2D eigenvalue weighted by atomic mass is 9.82. The highest BCUT2D eigenvalue weighted by atomic mass is 32.1. The van der Waals surface area contributed by atoms with Crippen molar-refractivity contribution in [2.75, 3.05) is 6.61 Å². The van der Waals surface area contributed by atoms with E-state index in [2.05, 4.69) is 5.32 Å². The monoisotopic (exact) mass is 362 g/mol. The van der Waals surface area contributed by atoms with Gasteiger partial charge in [-0.3, -0.25) is 4.79 Å². The molecular weight excluding hydrogens is 345 g/mol. The average Bonchev–Trinajstić information content (AvgIpc) is 2.45. The van der Waals surface area contributed by atoms with Crippen LogP contribution in [0.2, 0.25) is 0 Å². The standard InChI is InChI=1S/C15H17F3N2O3S/c1-3-23-12(21)10-11(9-6-4-5-8(2)7-9)19-13(24)20-14(10,22)15(16,17)18/h4-7,10-11,22H,3H2,1-2H3,(H2,19,20,24)/t10-,11+,14-/m1/s1. The molecule has 1 fully saturated rings. The van der Waals surface area contributed by atoms with Crippen molar-refractivity contribution in [3.05, 3.63) is 35.4 Å². The lowest BCUT2D eigenvalue weighted by molar-refractivity contribution is -0.292. The van der Waals surface area contributed by atoms with Crippen molar-refractivity contribution < 1.29 is 27.8 Å². The van der Waals surface area contributed by atoms with Crippen LogP contribution in [-0.2, 0) is 9.53 Å². The van der Waals surface area contributed by atoms with Crippen molar-refractivity contribution in [2.45, 2.75) is 31.8 Å². The molecule has 0 amide bonds. The average molecular weight is 362 g/mol. The summed E-state index contributed by atoms with van der Waals surface area (Å²) >= 11 is 4.80. The number of nitrogens with one attached hydrogen (secondary N) is 2. The SMILES string of the molecule is CCOC(=O)[C@H]1[C@H](c2cccc(C)c2)NC(=S)N[C@]1(O)C(F)(F)F. The fourth-order valence-electron chi connectivity index (χ4n) is 2.68. The predicted octanol–water partition coefficient (Wildman–Crippen LogP) is 1.94. The van der Waals surface area contributed by atoms with E-state index in [0.29, 0.717) is 5.56 Å². The van der Waals surface area contributed by atoms with Crippen LogP contribution in [-0.4, -0.2) is 34.7 Å². The minimum absolute atomic E-state index is 0.117. The van der Waals surface area contributed by atoms with Gasteiger partial charge in [0.1, 0.15) is 5.92 Å². The van der Waals surface area contributed by atoms with Gasteiger partial charge in [-0.05, 0) is 31.6 Å². The molecule has 1 aromatic rings. The molecule has 1 saturated heterocycles. The van der Waals surface area contributed by atoms with Crippen LogP contribution in [0.25, 0.3) is 0 Å². The smallest absolute Gasteiger partial charge is 0.437 e. The number of alkyl halides is 3. The number of aliphatic hydroxyl groups is 1. The molecule has 0 unspecified atom stereocenters. The van der Waals surface area contributed by atoms with Crippen LogP contribution in [0.1, 0.15) is 24.1 Å². The Morgan fingerprint density at radius 1 is 1.46 bits per heavy atom. The highest BCUT2D eigenvalue weighted by Gasteiger charge is 2.66. The predicted molar refractivity (Wildman–Crippen MR) is 83.9 cm³/mol. The van der Waals surface area contributed by atoms with Crippen molar-refractivity contribution in [1.82, 2.24) is 10.6 Å². The molecule has 0 radical (unpaired) electrons. The summed E-state index contributed by atoms with van der Waals surface area (Å²) in [5, 5.41) is 14.3. The number of ether oxygens (including phenoxy) is 1. The molecule has 0 bridgehead atoms. The van der Waals surface area contributed by atoms with Gasteiger partial charge in [0.2, 0.25) is 0 Å². The van der Waals surface area contributed by atoms with Crippen molar-refractivity contribution in [3.8, 4) is 0 Å². The van der Waals surface area contributed by atoms with Crippen LogP contribution in [0, 0.1) is 12.8 Å². The number of halogens is 3. The summed E-state index contributed by atoms with van der Waals surface area (Å²) in [6.45, 7) is 3.12. The first-order chi connectivity index (χ1) is 11.1. The first-order valence-corrected chi connectivity index (χ1v) is 7.62. The second-order valence-electron chi connectivity index (χ2n) is 5.48. The fraction of sp³-hybridized carbons (Fsp3) is 0.467. The van der Waals surface area contributed by atoms with Gasteiger partial charge in [-0.1, -0.05) is 29.8 Å². The van der Waals surface area contributed by atoms with Crippen molar-refractivity contribution in [1.29, 1.82) is 0 Å². The van der Waals surface area contributed by atoms with Gasteiger partial charge in [0.05, 0.1) is 12.6 Å². The van der Waals surface area contributed by atoms with E-state index in [1.807, 2.05) is 0 Å². The maximum absolute atomic E-state index is 13.5. The second kappa shape index (κ2) is 6.56. The minimum Gasteiger partial charge on any atom is -0.466 e. The Morgan fingerprint density at radius 2 is 2.12 bits per heavy atom. The molecule has 1 aliphatic heterocycles. The number of rotatable bonds is 3. The number of esters is 1. The quantitative estimate of drug-likeness (QED) is 0.564. The zero-order chi connectivity index (χ0) is 18.1. The van der Waals surface area contributed by atoms with Crippen LogP contribution in [0.3, 0.4) is 0 Å². The Bertz CT molecular complexity index is 653. The van der Waals surface area contributed by atoms with Crippen LogP contribution in [0.15, 0.2) is 24.3 Å². The van der Waals surface area contributed by atoms with Gasteiger partial charge in [-0.25, -0.2) is 0 Å². The summed E-state index contributed by atoms with van der Waals surface area (Å²) in [7, 11) is 0. The van der Waals surface area contributed by atoms with Crippen LogP contribution in [0.4, 0.5) is 13.2 Å². The minimum atomic E-state index is -5.14. The molecule has 24 heavy (non-hydrogen) atoms. The third-order valence-electron chi connectivity index (χ3n) is 3.75. The number of aryl methyl sites for hydroxylation is 1. The number of thiocarbonyl (C=S) groups is 1. The molecule has 2 rings (SSSR count). The summed E-state index contributed by atoms with van der Waals surface area (Å²) in [5.74, 6) is -3.14. The first kappa shape index (κ1) is 18.5. The topological polar surface area (TPSA) is 70.6 Å². The number of hydrogen-bond acceptors (Lipinski definition) is 4. The van der Waals surface area contributed by atoms with Gasteiger partial charge in [0.25, 0.3) is 5.72 Å². The molecular formula is C15H17F3N2O3S. The van der Waals surface area contributed by atoms with E-state index in [9.17, 15) is 23.1 Å².